The van der Waals surface area contributed by atoms with Crippen molar-refractivity contribution in [2.75, 3.05) is 18.4 Å². The molecule has 1 atom stereocenters. The summed E-state index contributed by atoms with van der Waals surface area (Å²) in [6, 6.07) is 9.61. The molecule has 1 saturated heterocycles. The second kappa shape index (κ2) is 9.41. The van der Waals surface area contributed by atoms with E-state index < -0.39 is 15.9 Å². The maximum Gasteiger partial charge on any atom is 0.228 e. The lowest BCUT2D eigenvalue weighted by molar-refractivity contribution is -0.120. The molecule has 2 aromatic rings. The highest BCUT2D eigenvalue weighted by Crippen LogP contribution is 2.30. The van der Waals surface area contributed by atoms with Crippen LogP contribution in [0.1, 0.15) is 18.4 Å². The van der Waals surface area contributed by atoms with Crippen molar-refractivity contribution in [3.8, 4) is 0 Å². The zero-order valence-electron chi connectivity index (χ0n) is 15.2. The molecule has 0 radical (unpaired) electrons. The number of nitrogens with one attached hydrogen (secondary N) is 1. The van der Waals surface area contributed by atoms with E-state index in [1.807, 2.05) is 0 Å². The van der Waals surface area contributed by atoms with Gasteiger partial charge in [0.05, 0.1) is 22.4 Å². The number of rotatable bonds is 5. The Morgan fingerprint density at radius 1 is 1.07 bits per heavy atom. The third kappa shape index (κ3) is 5.57. The van der Waals surface area contributed by atoms with Crippen LogP contribution in [-0.4, -0.2) is 31.7 Å². The number of nitrogens with zero attached hydrogens (tertiary/aromatic N) is 1. The van der Waals surface area contributed by atoms with Crippen molar-refractivity contribution in [3.63, 3.8) is 0 Å². The lowest BCUT2D eigenvalue weighted by Gasteiger charge is -2.31. The van der Waals surface area contributed by atoms with Gasteiger partial charge in [0.1, 0.15) is 0 Å². The van der Waals surface area contributed by atoms with Gasteiger partial charge in [-0.05, 0) is 43.2 Å². The Morgan fingerprint density at radius 3 is 2.45 bits per heavy atom. The number of carbonyl (C=O) groups excluding carboxylic acids is 1. The molecule has 1 aliphatic rings. The Bertz CT molecular complexity index is 1010. The summed E-state index contributed by atoms with van der Waals surface area (Å²) in [5.74, 6) is -1.12. The van der Waals surface area contributed by atoms with Gasteiger partial charge in [0, 0.05) is 33.7 Å². The van der Waals surface area contributed by atoms with E-state index in [1.54, 1.807) is 36.4 Å². The fourth-order valence-electron chi connectivity index (χ4n) is 3.18. The minimum absolute atomic E-state index is 0.0778. The smallest absolute Gasteiger partial charge is 0.228 e. The number of carbonyl (C=O) groups is 1. The fourth-order valence-corrected chi connectivity index (χ4v) is 5.88. The van der Waals surface area contributed by atoms with E-state index in [0.29, 0.717) is 50.7 Å². The summed E-state index contributed by atoms with van der Waals surface area (Å²) in [6.45, 7) is 0.417. The van der Waals surface area contributed by atoms with Gasteiger partial charge in [-0.2, -0.15) is 0 Å². The highest BCUT2D eigenvalue weighted by molar-refractivity contribution is 7.88. The highest BCUT2D eigenvalue weighted by atomic mass is 35.5. The number of halogens is 4. The first kappa shape index (κ1) is 22.7. The molecular weight excluding hydrogens is 478 g/mol. The second-order valence-corrected chi connectivity index (χ2v) is 10.4. The summed E-state index contributed by atoms with van der Waals surface area (Å²) in [5.41, 5.74) is 0.750. The van der Waals surface area contributed by atoms with Gasteiger partial charge >= 0.3 is 0 Å². The van der Waals surface area contributed by atoms with Crippen LogP contribution in [0.4, 0.5) is 5.69 Å². The fraction of sp³-hybridized carbons (Fsp3) is 0.316. The van der Waals surface area contributed by atoms with Crippen molar-refractivity contribution in [1.82, 2.24) is 4.31 Å². The van der Waals surface area contributed by atoms with E-state index in [-0.39, 0.29) is 18.2 Å². The molecule has 1 fully saturated rings. The summed E-state index contributed by atoms with van der Waals surface area (Å²) in [5, 5.41) is 4.13. The van der Waals surface area contributed by atoms with Gasteiger partial charge in [-0.3, -0.25) is 4.79 Å². The van der Waals surface area contributed by atoms with Crippen molar-refractivity contribution in [2.45, 2.75) is 18.6 Å². The molecule has 1 aliphatic heterocycles. The first-order valence-electron chi connectivity index (χ1n) is 8.84. The Kier molecular flexibility index (Phi) is 7.36. The third-order valence-corrected chi connectivity index (χ3v) is 7.77. The number of anilines is 1. The number of amides is 1. The van der Waals surface area contributed by atoms with Crippen LogP contribution >= 0.6 is 46.4 Å². The Morgan fingerprint density at radius 2 is 1.76 bits per heavy atom. The maximum atomic E-state index is 12.9. The maximum absolute atomic E-state index is 12.9. The summed E-state index contributed by atoms with van der Waals surface area (Å²) in [7, 11) is -3.70. The number of benzene rings is 2. The van der Waals surface area contributed by atoms with Crippen LogP contribution < -0.4 is 5.32 Å². The van der Waals surface area contributed by atoms with Crippen LogP contribution in [0, 0.1) is 5.92 Å². The van der Waals surface area contributed by atoms with E-state index in [0.717, 1.165) is 0 Å². The molecule has 1 unspecified atom stereocenters. The van der Waals surface area contributed by atoms with Gasteiger partial charge in [0.25, 0.3) is 0 Å². The van der Waals surface area contributed by atoms with Crippen molar-refractivity contribution < 1.29 is 13.2 Å². The minimum atomic E-state index is -3.70. The van der Waals surface area contributed by atoms with E-state index in [9.17, 15) is 13.2 Å². The number of piperidine rings is 1. The Hall–Kier alpha value is -1.02. The molecule has 29 heavy (non-hydrogen) atoms. The monoisotopic (exact) mass is 494 g/mol. The van der Waals surface area contributed by atoms with E-state index >= 15 is 0 Å². The molecule has 5 nitrogen and oxygen atoms in total. The van der Waals surface area contributed by atoms with Crippen molar-refractivity contribution in [1.29, 1.82) is 0 Å². The molecule has 0 saturated carbocycles. The van der Waals surface area contributed by atoms with E-state index in [1.165, 1.54) is 4.31 Å². The first-order chi connectivity index (χ1) is 13.7. The average Bonchev–Trinajstić information content (AvgIpc) is 2.68. The van der Waals surface area contributed by atoms with Crippen LogP contribution in [0.15, 0.2) is 36.4 Å². The van der Waals surface area contributed by atoms with E-state index in [4.69, 9.17) is 46.4 Å². The molecule has 0 spiro atoms. The van der Waals surface area contributed by atoms with Gasteiger partial charge < -0.3 is 5.32 Å². The zero-order valence-corrected chi connectivity index (χ0v) is 19.0. The van der Waals surface area contributed by atoms with Crippen molar-refractivity contribution >= 4 is 68.0 Å². The molecule has 2 aromatic carbocycles. The molecule has 1 amide bonds. The largest absolute Gasteiger partial charge is 0.324 e. The summed E-state index contributed by atoms with van der Waals surface area (Å²) < 4.78 is 27.2. The number of sulfonamides is 1. The zero-order chi connectivity index (χ0) is 21.2. The molecule has 0 bridgehead atoms. The summed E-state index contributed by atoms with van der Waals surface area (Å²) in [4.78, 5) is 12.7. The first-order valence-corrected chi connectivity index (χ1v) is 12.0. The van der Waals surface area contributed by atoms with Gasteiger partial charge in [-0.1, -0.05) is 52.5 Å². The van der Waals surface area contributed by atoms with E-state index in [2.05, 4.69) is 5.32 Å². The van der Waals surface area contributed by atoms with Crippen LogP contribution in [-0.2, 0) is 20.6 Å². The van der Waals surface area contributed by atoms with Gasteiger partial charge in [-0.25, -0.2) is 12.7 Å². The topological polar surface area (TPSA) is 66.5 Å². The lowest BCUT2D eigenvalue weighted by atomic mass is 9.99. The minimum Gasteiger partial charge on any atom is -0.324 e. The highest BCUT2D eigenvalue weighted by Gasteiger charge is 2.33. The molecule has 156 valence electrons. The number of hydrogen-bond donors (Lipinski definition) is 1. The van der Waals surface area contributed by atoms with Crippen molar-refractivity contribution in [3.05, 3.63) is 62.1 Å². The second-order valence-electron chi connectivity index (χ2n) is 6.77. The Labute approximate surface area is 189 Å². The van der Waals surface area contributed by atoms with Crippen LogP contribution in [0.5, 0.6) is 0 Å². The summed E-state index contributed by atoms with van der Waals surface area (Å²) >= 11 is 24.3. The number of hydrogen-bond acceptors (Lipinski definition) is 3. The van der Waals surface area contributed by atoms with Gasteiger partial charge in [0.2, 0.25) is 15.9 Å². The van der Waals surface area contributed by atoms with Crippen molar-refractivity contribution in [2.24, 2.45) is 5.92 Å². The molecule has 0 aliphatic carbocycles. The third-order valence-electron chi connectivity index (χ3n) is 4.72. The standard InChI is InChI=1S/C19H18Cl4N2O3S/c20-13-6-7-17(23)18(9-13)24-19(26)12-3-2-8-25(10-12)29(27,28)11-14-15(21)4-1-5-16(14)22/h1,4-7,9,12H,2-3,8,10-11H2,(H,24,26). The summed E-state index contributed by atoms with van der Waals surface area (Å²) in [6.07, 6.45) is 1.14. The SMILES string of the molecule is O=C(Nc1cc(Cl)ccc1Cl)C1CCCN(S(=O)(=O)Cc2c(Cl)cccc2Cl)C1. The molecule has 10 heteroatoms. The van der Waals surface area contributed by atoms with Crippen LogP contribution in [0.2, 0.25) is 20.1 Å². The predicted octanol–water partition coefficient (Wildman–Crippen LogP) is 5.48. The van der Waals surface area contributed by atoms with Gasteiger partial charge in [-0.15, -0.1) is 0 Å². The molecule has 3 rings (SSSR count). The van der Waals surface area contributed by atoms with Crippen LogP contribution in [0.3, 0.4) is 0 Å². The molecule has 1 heterocycles. The molecule has 1 N–H and O–H groups in total. The van der Waals surface area contributed by atoms with Crippen LogP contribution in [0.25, 0.3) is 0 Å². The quantitative estimate of drug-likeness (QED) is 0.597. The average molecular weight is 496 g/mol. The Balaban J connectivity index is 1.72. The molecular formula is C19H18Cl4N2O3S. The normalized spacial score (nSPS) is 17.9. The predicted molar refractivity (Wildman–Crippen MR) is 118 cm³/mol. The molecule has 0 aromatic heterocycles. The van der Waals surface area contributed by atoms with Gasteiger partial charge in [0.15, 0.2) is 0 Å². The lowest BCUT2D eigenvalue weighted by Crippen LogP contribution is -2.44.